The normalized spacial score (nSPS) is 16.3. The van der Waals surface area contributed by atoms with Crippen molar-refractivity contribution in [1.82, 2.24) is 5.32 Å². The fraction of sp³-hybridized carbons (Fsp3) is 0.562. The monoisotopic (exact) mass is 327 g/mol. The van der Waals surface area contributed by atoms with Gasteiger partial charge in [0.05, 0.1) is 5.41 Å². The Kier molecular flexibility index (Phi) is 6.40. The van der Waals surface area contributed by atoms with Gasteiger partial charge in [-0.3, -0.25) is 4.79 Å². The Morgan fingerprint density at radius 3 is 2.81 bits per heavy atom. The van der Waals surface area contributed by atoms with Crippen LogP contribution in [0.3, 0.4) is 0 Å². The minimum absolute atomic E-state index is 0.124. The second-order valence-corrected chi connectivity index (χ2v) is 7.05. The fourth-order valence-corrected chi connectivity index (χ4v) is 3.61. The average molecular weight is 328 g/mol. The zero-order valence-electron chi connectivity index (χ0n) is 12.1. The second-order valence-electron chi connectivity index (χ2n) is 5.39. The Labute approximate surface area is 135 Å². The summed E-state index contributed by atoms with van der Waals surface area (Å²) in [5, 5.41) is 12.5. The smallest absolute Gasteiger partial charge is 0.230 e. The average Bonchev–Trinajstić information content (AvgIpc) is 2.41. The molecule has 0 spiro atoms. The number of hydrogen-bond acceptors (Lipinski definition) is 3. The van der Waals surface area contributed by atoms with Crippen molar-refractivity contribution >= 4 is 29.3 Å². The first-order chi connectivity index (χ1) is 10.2. The van der Waals surface area contributed by atoms with Crippen LogP contribution in [0.1, 0.15) is 31.2 Å². The lowest BCUT2D eigenvalue weighted by atomic mass is 9.64. The molecule has 1 aromatic carbocycles. The third-order valence-electron chi connectivity index (χ3n) is 4.00. The highest BCUT2D eigenvalue weighted by atomic mass is 35.5. The third-order valence-corrected chi connectivity index (χ3v) is 5.30. The van der Waals surface area contributed by atoms with Gasteiger partial charge in [0.15, 0.2) is 0 Å². The molecule has 116 valence electrons. The number of rotatable bonds is 8. The van der Waals surface area contributed by atoms with E-state index in [1.807, 2.05) is 24.3 Å². The zero-order chi connectivity index (χ0) is 15.1. The van der Waals surface area contributed by atoms with Gasteiger partial charge < -0.3 is 10.4 Å². The van der Waals surface area contributed by atoms with Gasteiger partial charge in [0.25, 0.3) is 0 Å². The van der Waals surface area contributed by atoms with E-state index in [2.05, 4.69) is 5.32 Å². The predicted molar refractivity (Wildman–Crippen MR) is 89.0 cm³/mol. The van der Waals surface area contributed by atoms with Crippen molar-refractivity contribution in [2.24, 2.45) is 0 Å². The molecule has 0 heterocycles. The van der Waals surface area contributed by atoms with Gasteiger partial charge in [-0.1, -0.05) is 30.2 Å². The molecule has 0 unspecified atom stereocenters. The van der Waals surface area contributed by atoms with Gasteiger partial charge in [-0.25, -0.2) is 0 Å². The SMILES string of the molecule is O=C(NCCSCCCO)C1(c2cccc(Cl)c2)CCC1. The minimum atomic E-state index is -0.374. The van der Waals surface area contributed by atoms with Crippen molar-refractivity contribution in [2.75, 3.05) is 24.7 Å². The molecular formula is C16H22ClNO2S. The van der Waals surface area contributed by atoms with E-state index in [-0.39, 0.29) is 17.9 Å². The van der Waals surface area contributed by atoms with Crippen LogP contribution < -0.4 is 5.32 Å². The number of amides is 1. The molecule has 5 heteroatoms. The first kappa shape index (κ1) is 16.7. The molecule has 0 aliphatic heterocycles. The van der Waals surface area contributed by atoms with Crippen molar-refractivity contribution in [1.29, 1.82) is 0 Å². The van der Waals surface area contributed by atoms with Crippen LogP contribution in [-0.4, -0.2) is 35.7 Å². The molecule has 1 aliphatic carbocycles. The van der Waals surface area contributed by atoms with Crippen molar-refractivity contribution in [3.05, 3.63) is 34.9 Å². The van der Waals surface area contributed by atoms with Gasteiger partial charge in [0, 0.05) is 23.9 Å². The minimum Gasteiger partial charge on any atom is -0.396 e. The lowest BCUT2D eigenvalue weighted by Crippen LogP contribution is -2.49. The van der Waals surface area contributed by atoms with Crippen molar-refractivity contribution in [3.63, 3.8) is 0 Å². The first-order valence-corrected chi connectivity index (χ1v) is 8.95. The molecule has 1 fully saturated rings. The highest BCUT2D eigenvalue weighted by Gasteiger charge is 2.45. The molecule has 1 saturated carbocycles. The molecular weight excluding hydrogens is 306 g/mol. The number of aliphatic hydroxyl groups is 1. The van der Waals surface area contributed by atoms with Crippen LogP contribution >= 0.6 is 23.4 Å². The van der Waals surface area contributed by atoms with E-state index in [0.717, 1.165) is 42.8 Å². The largest absolute Gasteiger partial charge is 0.396 e. The van der Waals surface area contributed by atoms with Gasteiger partial charge in [-0.05, 0) is 42.7 Å². The van der Waals surface area contributed by atoms with Gasteiger partial charge >= 0.3 is 0 Å². The highest BCUT2D eigenvalue weighted by Crippen LogP contribution is 2.44. The Balaban J connectivity index is 1.87. The van der Waals surface area contributed by atoms with E-state index in [0.29, 0.717) is 11.6 Å². The van der Waals surface area contributed by atoms with Crippen LogP contribution in [0.4, 0.5) is 0 Å². The molecule has 21 heavy (non-hydrogen) atoms. The van der Waals surface area contributed by atoms with Crippen LogP contribution in [0.2, 0.25) is 5.02 Å². The number of carbonyl (C=O) groups excluding carboxylic acids is 1. The number of aliphatic hydroxyl groups excluding tert-OH is 1. The maximum Gasteiger partial charge on any atom is 0.230 e. The summed E-state index contributed by atoms with van der Waals surface area (Å²) < 4.78 is 0. The number of hydrogen-bond donors (Lipinski definition) is 2. The Bertz CT molecular complexity index is 477. The zero-order valence-corrected chi connectivity index (χ0v) is 13.7. The summed E-state index contributed by atoms with van der Waals surface area (Å²) in [4.78, 5) is 12.5. The number of halogens is 1. The summed E-state index contributed by atoms with van der Waals surface area (Å²) in [7, 11) is 0. The standard InChI is InChI=1S/C16H22ClNO2S/c17-14-5-1-4-13(12-14)16(6-2-7-16)15(20)18-8-11-21-10-3-9-19/h1,4-5,12,19H,2-3,6-11H2,(H,18,20). The van der Waals surface area contributed by atoms with Gasteiger partial charge in [-0.2, -0.15) is 11.8 Å². The predicted octanol–water partition coefficient (Wildman–Crippen LogP) is 2.99. The molecule has 3 nitrogen and oxygen atoms in total. The van der Waals surface area contributed by atoms with E-state index < -0.39 is 0 Å². The highest BCUT2D eigenvalue weighted by molar-refractivity contribution is 7.99. The topological polar surface area (TPSA) is 49.3 Å². The quantitative estimate of drug-likeness (QED) is 0.722. The maximum absolute atomic E-state index is 12.5. The summed E-state index contributed by atoms with van der Waals surface area (Å²) in [6.45, 7) is 0.911. The van der Waals surface area contributed by atoms with Gasteiger partial charge in [-0.15, -0.1) is 0 Å². The molecule has 1 aromatic rings. The van der Waals surface area contributed by atoms with E-state index in [1.54, 1.807) is 11.8 Å². The molecule has 0 aromatic heterocycles. The molecule has 0 saturated heterocycles. The lowest BCUT2D eigenvalue weighted by molar-refractivity contribution is -0.129. The van der Waals surface area contributed by atoms with Crippen molar-refractivity contribution < 1.29 is 9.90 Å². The van der Waals surface area contributed by atoms with Crippen LogP contribution in [0.5, 0.6) is 0 Å². The molecule has 2 N–H and O–H groups in total. The van der Waals surface area contributed by atoms with Crippen LogP contribution in [0.25, 0.3) is 0 Å². The molecule has 2 rings (SSSR count). The van der Waals surface area contributed by atoms with E-state index in [9.17, 15) is 4.79 Å². The summed E-state index contributed by atoms with van der Waals surface area (Å²) in [5.74, 6) is 1.95. The summed E-state index contributed by atoms with van der Waals surface area (Å²) in [6.07, 6.45) is 3.70. The number of thioether (sulfide) groups is 1. The molecule has 1 amide bonds. The molecule has 0 bridgehead atoms. The number of benzene rings is 1. The number of nitrogens with one attached hydrogen (secondary N) is 1. The van der Waals surface area contributed by atoms with E-state index >= 15 is 0 Å². The van der Waals surface area contributed by atoms with Gasteiger partial charge in [0.2, 0.25) is 5.91 Å². The van der Waals surface area contributed by atoms with E-state index in [1.165, 1.54) is 0 Å². The lowest BCUT2D eigenvalue weighted by Gasteiger charge is -2.40. The maximum atomic E-state index is 12.5. The first-order valence-electron chi connectivity index (χ1n) is 7.42. The Morgan fingerprint density at radius 1 is 1.38 bits per heavy atom. The van der Waals surface area contributed by atoms with Crippen molar-refractivity contribution in [2.45, 2.75) is 31.1 Å². The van der Waals surface area contributed by atoms with Crippen LogP contribution in [-0.2, 0) is 10.2 Å². The van der Waals surface area contributed by atoms with Crippen LogP contribution in [0, 0.1) is 0 Å². The van der Waals surface area contributed by atoms with E-state index in [4.69, 9.17) is 16.7 Å². The molecule has 0 atom stereocenters. The van der Waals surface area contributed by atoms with Crippen molar-refractivity contribution in [3.8, 4) is 0 Å². The second kappa shape index (κ2) is 8.06. The third kappa shape index (κ3) is 4.15. The Hall–Kier alpha value is -0.710. The fourth-order valence-electron chi connectivity index (χ4n) is 2.64. The summed E-state index contributed by atoms with van der Waals surface area (Å²) >= 11 is 7.81. The number of carbonyl (C=O) groups is 1. The Morgan fingerprint density at radius 2 is 2.19 bits per heavy atom. The summed E-state index contributed by atoms with van der Waals surface area (Å²) in [5.41, 5.74) is 0.660. The summed E-state index contributed by atoms with van der Waals surface area (Å²) in [6, 6.07) is 7.67. The molecule has 1 aliphatic rings. The van der Waals surface area contributed by atoms with Crippen LogP contribution in [0.15, 0.2) is 24.3 Å². The van der Waals surface area contributed by atoms with Gasteiger partial charge in [0.1, 0.15) is 0 Å². The molecule has 0 radical (unpaired) electrons.